The number of hydrogen-bond donors (Lipinski definition) is 0. The van der Waals surface area contributed by atoms with E-state index in [1.54, 1.807) is 30.3 Å². The smallest absolute Gasteiger partial charge is 0.416 e. The van der Waals surface area contributed by atoms with Crippen molar-refractivity contribution in [2.24, 2.45) is 0 Å². The van der Waals surface area contributed by atoms with E-state index in [4.69, 9.17) is 4.74 Å². The van der Waals surface area contributed by atoms with E-state index < -0.39 is 11.7 Å². The third kappa shape index (κ3) is 4.10. The minimum absolute atomic E-state index is 0.288. The van der Waals surface area contributed by atoms with Crippen molar-refractivity contribution in [3.63, 3.8) is 0 Å². The first-order valence-electron chi connectivity index (χ1n) is 7.76. The number of hydrogen-bond acceptors (Lipinski definition) is 4. The summed E-state index contributed by atoms with van der Waals surface area (Å²) in [7, 11) is 1.53. The molecule has 7 heteroatoms. The minimum atomic E-state index is -4.45. The number of alkyl halides is 3. The van der Waals surface area contributed by atoms with Crippen molar-refractivity contribution >= 4 is 34.9 Å². The lowest BCUT2D eigenvalue weighted by Gasteiger charge is -2.13. The Kier molecular flexibility index (Phi) is 5.67. The number of Topliss-reactive ketones (excluding diaryl/α,β-unsaturated/α-hetero) is 1. The van der Waals surface area contributed by atoms with Crippen molar-refractivity contribution in [1.29, 1.82) is 0 Å². The maximum Gasteiger partial charge on any atom is 0.416 e. The van der Waals surface area contributed by atoms with Gasteiger partial charge in [-0.25, -0.2) is 0 Å². The molecule has 1 aliphatic heterocycles. The summed E-state index contributed by atoms with van der Waals surface area (Å²) in [6.07, 6.45) is -4.45. The molecule has 0 atom stereocenters. The summed E-state index contributed by atoms with van der Waals surface area (Å²) < 4.78 is 45.1. The van der Waals surface area contributed by atoms with Gasteiger partial charge < -0.3 is 4.74 Å². The van der Waals surface area contributed by atoms with Crippen LogP contribution in [0.5, 0.6) is 5.75 Å². The summed E-state index contributed by atoms with van der Waals surface area (Å²) in [6.45, 7) is 0. The van der Waals surface area contributed by atoms with Crippen LogP contribution in [-0.2, 0) is 6.18 Å². The highest BCUT2D eigenvalue weighted by atomic mass is 32.2. The molecule has 136 valence electrons. The van der Waals surface area contributed by atoms with E-state index in [9.17, 15) is 18.0 Å². The molecule has 0 N–H and O–H groups in total. The fourth-order valence-corrected chi connectivity index (χ4v) is 5.11. The Hall–Kier alpha value is -1.86. The van der Waals surface area contributed by atoms with Crippen LogP contribution in [0.4, 0.5) is 13.2 Å². The van der Waals surface area contributed by atoms with E-state index >= 15 is 0 Å². The molecular formula is C19H15F3O2S2. The fraction of sp³-hybridized carbons (Fsp3) is 0.211. The van der Waals surface area contributed by atoms with Crippen LogP contribution in [0.2, 0.25) is 0 Å². The molecule has 1 heterocycles. The average molecular weight is 396 g/mol. The van der Waals surface area contributed by atoms with Crippen molar-refractivity contribution in [3.8, 4) is 5.75 Å². The first-order chi connectivity index (χ1) is 12.4. The second-order valence-electron chi connectivity index (χ2n) is 5.50. The Labute approximate surface area is 157 Å². The molecule has 1 aliphatic rings. The maximum absolute atomic E-state index is 13.1. The molecule has 0 saturated carbocycles. The van der Waals surface area contributed by atoms with Crippen LogP contribution in [0, 0.1) is 0 Å². The first-order valence-corrected chi connectivity index (χ1v) is 9.73. The molecule has 1 saturated heterocycles. The van der Waals surface area contributed by atoms with Gasteiger partial charge in [-0.15, -0.1) is 23.5 Å². The molecule has 0 radical (unpaired) electrons. The molecule has 1 fully saturated rings. The SMILES string of the molecule is COc1ccc(C(=O)C(=C2SCCS2)c2cccc(C(F)(F)F)c2)cc1. The summed E-state index contributed by atoms with van der Waals surface area (Å²) in [5, 5.41) is 0. The monoisotopic (exact) mass is 396 g/mol. The number of methoxy groups -OCH3 is 1. The molecule has 0 aliphatic carbocycles. The van der Waals surface area contributed by atoms with Gasteiger partial charge in [0.15, 0.2) is 5.78 Å². The van der Waals surface area contributed by atoms with Crippen LogP contribution in [0.15, 0.2) is 52.8 Å². The van der Waals surface area contributed by atoms with Crippen molar-refractivity contribution in [2.45, 2.75) is 6.18 Å². The van der Waals surface area contributed by atoms with Gasteiger partial charge >= 0.3 is 6.18 Å². The van der Waals surface area contributed by atoms with E-state index in [0.717, 1.165) is 27.9 Å². The Morgan fingerprint density at radius 1 is 1.00 bits per heavy atom. The molecule has 2 aromatic carbocycles. The molecule has 2 nitrogen and oxygen atoms in total. The molecule has 3 rings (SSSR count). The zero-order chi connectivity index (χ0) is 18.7. The van der Waals surface area contributed by atoms with Crippen LogP contribution in [0.25, 0.3) is 5.57 Å². The third-order valence-electron chi connectivity index (χ3n) is 3.81. The third-order valence-corrected chi connectivity index (χ3v) is 6.53. The summed E-state index contributed by atoms with van der Waals surface area (Å²) in [5.41, 5.74) is 0.272. The predicted molar refractivity (Wildman–Crippen MR) is 101 cm³/mol. The van der Waals surface area contributed by atoms with Crippen LogP contribution in [-0.4, -0.2) is 24.4 Å². The minimum Gasteiger partial charge on any atom is -0.497 e. The second kappa shape index (κ2) is 7.80. The summed E-state index contributed by atoms with van der Waals surface area (Å²) in [4.78, 5) is 13.1. The van der Waals surface area contributed by atoms with Gasteiger partial charge in [0.05, 0.1) is 16.9 Å². The topological polar surface area (TPSA) is 26.3 Å². The Morgan fingerprint density at radius 2 is 1.65 bits per heavy atom. The lowest BCUT2D eigenvalue weighted by Crippen LogP contribution is -2.08. The van der Waals surface area contributed by atoms with Crippen LogP contribution >= 0.6 is 23.5 Å². The fourth-order valence-electron chi connectivity index (χ4n) is 2.53. The van der Waals surface area contributed by atoms with Gasteiger partial charge in [-0.3, -0.25) is 4.79 Å². The number of benzene rings is 2. The van der Waals surface area contributed by atoms with Gasteiger partial charge in [0, 0.05) is 22.6 Å². The van der Waals surface area contributed by atoms with Crippen molar-refractivity contribution in [3.05, 3.63) is 69.5 Å². The molecule has 2 aromatic rings. The molecule has 0 unspecified atom stereocenters. The van der Waals surface area contributed by atoms with Crippen LogP contribution in [0.1, 0.15) is 21.5 Å². The summed E-state index contributed by atoms with van der Waals surface area (Å²) in [6, 6.07) is 11.5. The average Bonchev–Trinajstić information content (AvgIpc) is 3.15. The number of carbonyl (C=O) groups excluding carboxylic acids is 1. The standard InChI is InChI=1S/C19H15F3O2S2/c1-24-15-7-5-12(6-8-15)17(23)16(18-25-9-10-26-18)13-3-2-4-14(11-13)19(20,21)22/h2-8,11H,9-10H2,1H3. The van der Waals surface area contributed by atoms with E-state index in [1.165, 1.54) is 36.7 Å². The Bertz CT molecular complexity index is 835. The zero-order valence-electron chi connectivity index (χ0n) is 13.8. The summed E-state index contributed by atoms with van der Waals surface area (Å²) in [5.74, 6) is 1.99. The highest BCUT2D eigenvalue weighted by Crippen LogP contribution is 2.43. The number of ketones is 1. The summed E-state index contributed by atoms with van der Waals surface area (Å²) >= 11 is 3.01. The number of thioether (sulfide) groups is 2. The van der Waals surface area contributed by atoms with Crippen LogP contribution in [0.3, 0.4) is 0 Å². The number of ether oxygens (including phenoxy) is 1. The van der Waals surface area contributed by atoms with Gasteiger partial charge in [0.25, 0.3) is 0 Å². The molecule has 0 spiro atoms. The quantitative estimate of drug-likeness (QED) is 0.486. The number of halogens is 3. The van der Waals surface area contributed by atoms with Gasteiger partial charge in [-0.05, 0) is 42.0 Å². The molecule has 0 amide bonds. The Morgan fingerprint density at radius 3 is 2.23 bits per heavy atom. The lowest BCUT2D eigenvalue weighted by atomic mass is 9.96. The molecule has 0 bridgehead atoms. The maximum atomic E-state index is 13.1. The zero-order valence-corrected chi connectivity index (χ0v) is 15.4. The highest BCUT2D eigenvalue weighted by molar-refractivity contribution is 8.25. The van der Waals surface area contributed by atoms with Crippen molar-refractivity contribution < 1.29 is 22.7 Å². The number of carbonyl (C=O) groups is 1. The molecular weight excluding hydrogens is 381 g/mol. The van der Waals surface area contributed by atoms with Crippen molar-refractivity contribution in [1.82, 2.24) is 0 Å². The van der Waals surface area contributed by atoms with Gasteiger partial charge in [0.2, 0.25) is 0 Å². The van der Waals surface area contributed by atoms with Gasteiger partial charge in [-0.2, -0.15) is 13.2 Å². The molecule has 0 aromatic heterocycles. The van der Waals surface area contributed by atoms with Crippen molar-refractivity contribution in [2.75, 3.05) is 18.6 Å². The van der Waals surface area contributed by atoms with Crippen LogP contribution < -0.4 is 4.74 Å². The number of allylic oxidation sites excluding steroid dienone is 1. The van der Waals surface area contributed by atoms with Gasteiger partial charge in [-0.1, -0.05) is 12.1 Å². The first kappa shape index (κ1) is 18.9. The van der Waals surface area contributed by atoms with Gasteiger partial charge in [0.1, 0.15) is 5.75 Å². The van der Waals surface area contributed by atoms with E-state index in [-0.39, 0.29) is 11.3 Å². The Balaban J connectivity index is 2.07. The largest absolute Gasteiger partial charge is 0.497 e. The molecule has 26 heavy (non-hydrogen) atoms. The normalized spacial score (nSPS) is 14.4. The lowest BCUT2D eigenvalue weighted by molar-refractivity contribution is -0.137. The second-order valence-corrected chi connectivity index (χ2v) is 7.96. The number of rotatable bonds is 4. The highest BCUT2D eigenvalue weighted by Gasteiger charge is 2.32. The van der Waals surface area contributed by atoms with E-state index in [1.807, 2.05) is 0 Å². The predicted octanol–water partition coefficient (Wildman–Crippen LogP) is 5.75. The van der Waals surface area contributed by atoms with E-state index in [0.29, 0.717) is 16.9 Å². The van der Waals surface area contributed by atoms with E-state index in [2.05, 4.69) is 0 Å².